The van der Waals surface area contributed by atoms with E-state index in [-0.39, 0.29) is 5.82 Å². The topological polar surface area (TPSA) is 96.3 Å². The molecule has 4 aromatic rings. The summed E-state index contributed by atoms with van der Waals surface area (Å²) in [5.74, 6) is 0.215. The second kappa shape index (κ2) is 5.98. The summed E-state index contributed by atoms with van der Waals surface area (Å²) in [6.07, 6.45) is 7.23. The van der Waals surface area contributed by atoms with Crippen molar-refractivity contribution in [3.63, 3.8) is 0 Å². The Morgan fingerprint density at radius 3 is 2.68 bits per heavy atom. The molecule has 6 nitrogen and oxygen atoms in total. The van der Waals surface area contributed by atoms with E-state index < -0.39 is 0 Å². The van der Waals surface area contributed by atoms with E-state index in [2.05, 4.69) is 21.0 Å². The van der Waals surface area contributed by atoms with Gasteiger partial charge in [-0.15, -0.1) is 0 Å². The first-order chi connectivity index (χ1) is 12.3. The summed E-state index contributed by atoms with van der Waals surface area (Å²) in [5, 5.41) is 9.58. The van der Waals surface area contributed by atoms with Crippen molar-refractivity contribution in [3.8, 4) is 34.4 Å². The maximum atomic E-state index is 9.58. The Morgan fingerprint density at radius 2 is 1.96 bits per heavy atom. The quantitative estimate of drug-likeness (QED) is 0.603. The van der Waals surface area contributed by atoms with Crippen LogP contribution in [-0.2, 0) is 0 Å². The van der Waals surface area contributed by atoms with Crippen LogP contribution in [0.4, 0.5) is 5.82 Å². The van der Waals surface area contributed by atoms with Gasteiger partial charge in [-0.2, -0.15) is 5.26 Å². The molecule has 0 aliphatic carbocycles. The highest BCUT2D eigenvalue weighted by molar-refractivity contribution is 5.79. The summed E-state index contributed by atoms with van der Waals surface area (Å²) < 4.78 is 2.00. The Kier molecular flexibility index (Phi) is 3.52. The molecule has 0 spiro atoms. The number of nitriles is 1. The first-order valence-electron chi connectivity index (χ1n) is 7.70. The Bertz CT molecular complexity index is 1060. The van der Waals surface area contributed by atoms with E-state index in [9.17, 15) is 5.26 Å². The lowest BCUT2D eigenvalue weighted by atomic mass is 10.0. The number of pyridine rings is 2. The minimum absolute atomic E-state index is 0.215. The van der Waals surface area contributed by atoms with Crippen LogP contribution >= 0.6 is 0 Å². The molecule has 0 bridgehead atoms. The van der Waals surface area contributed by atoms with Gasteiger partial charge in [0, 0.05) is 36.0 Å². The third-order valence-corrected chi connectivity index (χ3v) is 4.00. The number of H-pyrrole nitrogens is 1. The molecular weight excluding hydrogens is 312 g/mol. The molecule has 0 aliphatic heterocycles. The molecule has 6 heteroatoms. The van der Waals surface area contributed by atoms with Crippen LogP contribution in [0.3, 0.4) is 0 Å². The highest BCUT2D eigenvalue weighted by Crippen LogP contribution is 2.32. The van der Waals surface area contributed by atoms with Crippen molar-refractivity contribution in [1.29, 1.82) is 5.26 Å². The predicted octanol–water partition coefficient (Wildman–Crippen LogP) is 3.38. The number of hydrogen-bond donors (Lipinski definition) is 2. The highest BCUT2D eigenvalue weighted by atomic mass is 15.0. The zero-order valence-electron chi connectivity index (χ0n) is 13.2. The van der Waals surface area contributed by atoms with Crippen molar-refractivity contribution in [3.05, 3.63) is 72.8 Å². The van der Waals surface area contributed by atoms with Crippen molar-refractivity contribution in [2.45, 2.75) is 0 Å². The van der Waals surface area contributed by atoms with Crippen LogP contribution in [0.15, 0.2) is 67.3 Å². The van der Waals surface area contributed by atoms with Crippen molar-refractivity contribution in [2.75, 3.05) is 5.73 Å². The average Bonchev–Trinajstić information content (AvgIpc) is 3.33. The average molecular weight is 326 g/mol. The van der Waals surface area contributed by atoms with Crippen LogP contribution in [0.5, 0.6) is 0 Å². The maximum absolute atomic E-state index is 9.58. The molecule has 4 rings (SSSR count). The third-order valence-electron chi connectivity index (χ3n) is 4.00. The summed E-state index contributed by atoms with van der Waals surface area (Å²) in [6.45, 7) is 0. The van der Waals surface area contributed by atoms with E-state index in [0.29, 0.717) is 11.3 Å². The number of aromatic nitrogens is 4. The second-order valence-corrected chi connectivity index (χ2v) is 5.48. The Morgan fingerprint density at radius 1 is 1.12 bits per heavy atom. The van der Waals surface area contributed by atoms with Crippen LogP contribution in [0, 0.1) is 11.3 Å². The molecule has 0 aliphatic rings. The minimum atomic E-state index is 0.215. The van der Waals surface area contributed by atoms with E-state index in [4.69, 9.17) is 5.73 Å². The van der Waals surface area contributed by atoms with Gasteiger partial charge in [-0.3, -0.25) is 4.98 Å². The van der Waals surface area contributed by atoms with Crippen molar-refractivity contribution < 1.29 is 0 Å². The standard InChI is InChI=1S/C19H14N6/c20-12-15-14(11-17(24-19(15)21)16-3-1-7-23-16)18-4-2-10-25(18)13-5-8-22-9-6-13/h1-11,23H,(H2,21,24). The lowest BCUT2D eigenvalue weighted by Crippen LogP contribution is -2.02. The number of nitrogens with two attached hydrogens (primary N) is 1. The monoisotopic (exact) mass is 326 g/mol. The molecule has 0 unspecified atom stereocenters. The molecule has 0 saturated carbocycles. The predicted molar refractivity (Wildman–Crippen MR) is 95.7 cm³/mol. The van der Waals surface area contributed by atoms with Crippen molar-refractivity contribution >= 4 is 5.82 Å². The number of hydrogen-bond acceptors (Lipinski definition) is 4. The zero-order chi connectivity index (χ0) is 17.2. The molecule has 0 amide bonds. The van der Waals surface area contributed by atoms with Gasteiger partial charge in [-0.1, -0.05) is 0 Å². The molecular formula is C19H14N6. The number of nitrogen functional groups attached to an aromatic ring is 1. The van der Waals surface area contributed by atoms with Crippen LogP contribution in [0.25, 0.3) is 28.3 Å². The summed E-state index contributed by atoms with van der Waals surface area (Å²) in [7, 11) is 0. The number of nitrogens with one attached hydrogen (secondary N) is 1. The molecule has 0 radical (unpaired) electrons. The van der Waals surface area contributed by atoms with E-state index in [1.165, 1.54) is 0 Å². The van der Waals surface area contributed by atoms with Gasteiger partial charge in [0.05, 0.1) is 17.1 Å². The first kappa shape index (κ1) is 14.7. The second-order valence-electron chi connectivity index (χ2n) is 5.48. The lowest BCUT2D eigenvalue weighted by molar-refractivity contribution is 1.07. The van der Waals surface area contributed by atoms with Crippen LogP contribution in [0.2, 0.25) is 0 Å². The Hall–Kier alpha value is -3.85. The summed E-state index contributed by atoms with van der Waals surface area (Å²) in [6, 6.07) is 15.6. The molecule has 0 fully saturated rings. The Labute approximate surface area is 144 Å². The van der Waals surface area contributed by atoms with E-state index in [0.717, 1.165) is 22.6 Å². The summed E-state index contributed by atoms with van der Waals surface area (Å²) in [5.41, 5.74) is 10.5. The van der Waals surface area contributed by atoms with Gasteiger partial charge in [-0.25, -0.2) is 4.98 Å². The van der Waals surface area contributed by atoms with Crippen LogP contribution in [0.1, 0.15) is 5.56 Å². The van der Waals surface area contributed by atoms with Gasteiger partial charge in [0.2, 0.25) is 0 Å². The Balaban J connectivity index is 1.95. The molecule has 0 saturated heterocycles. The van der Waals surface area contributed by atoms with Gasteiger partial charge in [0.25, 0.3) is 0 Å². The molecule has 0 atom stereocenters. The van der Waals surface area contributed by atoms with E-state index in [1.54, 1.807) is 12.4 Å². The van der Waals surface area contributed by atoms with Crippen LogP contribution in [-0.4, -0.2) is 19.5 Å². The molecule has 4 aromatic heterocycles. The maximum Gasteiger partial charge on any atom is 0.142 e. The number of nitrogens with zero attached hydrogens (tertiary/aromatic N) is 4. The van der Waals surface area contributed by atoms with E-state index in [1.807, 2.05) is 59.4 Å². The minimum Gasteiger partial charge on any atom is -0.383 e. The fourth-order valence-corrected chi connectivity index (χ4v) is 2.84. The van der Waals surface area contributed by atoms with Crippen molar-refractivity contribution in [1.82, 2.24) is 19.5 Å². The third kappa shape index (κ3) is 2.54. The number of aromatic amines is 1. The molecule has 25 heavy (non-hydrogen) atoms. The summed E-state index contributed by atoms with van der Waals surface area (Å²) >= 11 is 0. The van der Waals surface area contributed by atoms with Gasteiger partial charge in [0.1, 0.15) is 17.5 Å². The molecule has 120 valence electrons. The fraction of sp³-hybridized carbons (Fsp3) is 0. The summed E-state index contributed by atoms with van der Waals surface area (Å²) in [4.78, 5) is 11.5. The van der Waals surface area contributed by atoms with Gasteiger partial charge in [0.15, 0.2) is 0 Å². The molecule has 3 N–H and O–H groups in total. The van der Waals surface area contributed by atoms with Gasteiger partial charge < -0.3 is 15.3 Å². The van der Waals surface area contributed by atoms with Gasteiger partial charge in [-0.05, 0) is 42.5 Å². The van der Waals surface area contributed by atoms with Gasteiger partial charge >= 0.3 is 0 Å². The number of rotatable bonds is 3. The highest BCUT2D eigenvalue weighted by Gasteiger charge is 2.16. The smallest absolute Gasteiger partial charge is 0.142 e. The largest absolute Gasteiger partial charge is 0.383 e. The van der Waals surface area contributed by atoms with Crippen LogP contribution < -0.4 is 5.73 Å². The van der Waals surface area contributed by atoms with Crippen molar-refractivity contribution in [2.24, 2.45) is 0 Å². The fourth-order valence-electron chi connectivity index (χ4n) is 2.84. The molecule has 0 aromatic carbocycles. The normalized spacial score (nSPS) is 10.5. The molecule has 4 heterocycles. The SMILES string of the molecule is N#Cc1c(-c2cccn2-c2ccncc2)cc(-c2ccc[nH]2)nc1N. The zero-order valence-corrected chi connectivity index (χ0v) is 13.2. The van der Waals surface area contributed by atoms with E-state index >= 15 is 0 Å². The number of anilines is 1. The lowest BCUT2D eigenvalue weighted by Gasteiger charge is -2.13. The first-order valence-corrected chi connectivity index (χ1v) is 7.70.